The van der Waals surface area contributed by atoms with E-state index in [1.165, 1.54) is 18.3 Å². The molecule has 88 valence electrons. The first-order valence-corrected chi connectivity index (χ1v) is 4.66. The summed E-state index contributed by atoms with van der Waals surface area (Å²) in [4.78, 5) is 20.6. The van der Waals surface area contributed by atoms with Crippen LogP contribution in [0.4, 0.5) is 5.69 Å². The number of carboxylic acid groups (broad SMARTS) is 1. The Bertz CT molecular complexity index is 616. The third-order valence-electron chi connectivity index (χ3n) is 2.40. The Morgan fingerprint density at radius 1 is 1.47 bits per heavy atom. The van der Waals surface area contributed by atoms with Crippen molar-refractivity contribution in [2.24, 2.45) is 0 Å². The van der Waals surface area contributed by atoms with Crippen LogP contribution in [0.5, 0.6) is 0 Å². The van der Waals surface area contributed by atoms with Crippen LogP contribution in [0, 0.1) is 10.1 Å². The number of hydrogen-bond acceptors (Lipinski definition) is 5. The number of hydrogen-bond donors (Lipinski definition) is 1. The topological polar surface area (TPSA) is 108 Å². The predicted molar refractivity (Wildman–Crippen MR) is 54.5 cm³/mol. The van der Waals surface area contributed by atoms with Crippen molar-refractivity contribution < 1.29 is 20.0 Å². The number of aromatic nitrogens is 1. The van der Waals surface area contributed by atoms with Crippen LogP contribution in [0.1, 0.15) is 5.56 Å². The molecule has 2 rings (SSSR count). The van der Waals surface area contributed by atoms with Crippen LogP contribution in [0.25, 0.3) is 10.9 Å². The summed E-state index contributed by atoms with van der Waals surface area (Å²) in [6.07, 6.45) is 0.843. The first-order chi connectivity index (χ1) is 7.99. The third-order valence-corrected chi connectivity index (χ3v) is 2.40. The van der Waals surface area contributed by atoms with Gasteiger partial charge in [-0.05, 0) is 11.6 Å². The molecule has 7 heteroatoms. The van der Waals surface area contributed by atoms with E-state index in [9.17, 15) is 25.2 Å². The molecule has 17 heavy (non-hydrogen) atoms. The molecule has 0 spiro atoms. The number of nitro benzene ring substituents is 1. The zero-order chi connectivity index (χ0) is 12.6. The zero-order valence-electron chi connectivity index (χ0n) is 8.49. The maximum Gasteiger partial charge on any atom is 0.271 e. The molecule has 2 aromatic rings. The van der Waals surface area contributed by atoms with Crippen molar-refractivity contribution in [1.82, 2.24) is 4.73 Å². The average molecular weight is 235 g/mol. The Morgan fingerprint density at radius 3 is 2.76 bits per heavy atom. The van der Waals surface area contributed by atoms with Gasteiger partial charge in [-0.15, -0.1) is 0 Å². The summed E-state index contributed by atoms with van der Waals surface area (Å²) < 4.78 is 0.709. The van der Waals surface area contributed by atoms with E-state index < -0.39 is 17.3 Å². The fourth-order valence-corrected chi connectivity index (χ4v) is 1.69. The summed E-state index contributed by atoms with van der Waals surface area (Å²) in [6.45, 7) is 0. The van der Waals surface area contributed by atoms with Crippen LogP contribution < -0.4 is 5.11 Å². The second-order valence-corrected chi connectivity index (χ2v) is 3.50. The molecule has 0 radical (unpaired) electrons. The molecular formula is C10H7N2O5-. The maximum absolute atomic E-state index is 10.7. The van der Waals surface area contributed by atoms with Gasteiger partial charge in [-0.1, -0.05) is 0 Å². The van der Waals surface area contributed by atoms with Crippen molar-refractivity contribution >= 4 is 22.6 Å². The Morgan fingerprint density at radius 2 is 2.18 bits per heavy atom. The molecule has 0 aliphatic rings. The first kappa shape index (κ1) is 10.9. The number of rotatable bonds is 3. The van der Waals surface area contributed by atoms with Crippen molar-refractivity contribution in [3.8, 4) is 0 Å². The quantitative estimate of drug-likeness (QED) is 0.460. The van der Waals surface area contributed by atoms with E-state index in [1.807, 2.05) is 0 Å². The number of carboxylic acids is 1. The molecule has 0 aliphatic carbocycles. The van der Waals surface area contributed by atoms with Gasteiger partial charge in [0.1, 0.15) is 0 Å². The molecule has 1 aromatic heterocycles. The number of nitro groups is 1. The van der Waals surface area contributed by atoms with Gasteiger partial charge < -0.3 is 15.1 Å². The highest BCUT2D eigenvalue weighted by Gasteiger charge is 2.14. The molecule has 0 saturated heterocycles. The number of non-ortho nitro benzene ring substituents is 1. The van der Waals surface area contributed by atoms with E-state index in [2.05, 4.69) is 0 Å². The van der Waals surface area contributed by atoms with Gasteiger partial charge in [-0.2, -0.15) is 4.73 Å². The Kier molecular flexibility index (Phi) is 2.43. The monoisotopic (exact) mass is 235 g/mol. The minimum Gasteiger partial charge on any atom is -0.550 e. The van der Waals surface area contributed by atoms with Gasteiger partial charge in [0.25, 0.3) is 5.69 Å². The highest BCUT2D eigenvalue weighted by Crippen LogP contribution is 2.26. The molecule has 0 unspecified atom stereocenters. The van der Waals surface area contributed by atoms with Crippen molar-refractivity contribution in [2.75, 3.05) is 0 Å². The van der Waals surface area contributed by atoms with E-state index in [-0.39, 0.29) is 16.8 Å². The molecule has 0 saturated carbocycles. The fraction of sp³-hybridized carbons (Fsp3) is 0.100. The number of benzene rings is 1. The highest BCUT2D eigenvalue weighted by atomic mass is 16.6. The van der Waals surface area contributed by atoms with E-state index in [0.29, 0.717) is 10.1 Å². The van der Waals surface area contributed by atoms with Crippen molar-refractivity contribution in [3.05, 3.63) is 40.1 Å². The Hall–Kier alpha value is -2.57. The second kappa shape index (κ2) is 3.78. The van der Waals surface area contributed by atoms with Crippen LogP contribution in [0.2, 0.25) is 0 Å². The first-order valence-electron chi connectivity index (χ1n) is 4.66. The molecule has 7 nitrogen and oxygen atoms in total. The summed E-state index contributed by atoms with van der Waals surface area (Å²) in [6, 6.07) is 3.82. The van der Waals surface area contributed by atoms with Crippen molar-refractivity contribution in [2.45, 2.75) is 6.42 Å². The number of aliphatic carboxylic acids is 1. The average Bonchev–Trinajstić information content (AvgIpc) is 2.60. The van der Waals surface area contributed by atoms with Crippen molar-refractivity contribution in [3.63, 3.8) is 0 Å². The molecule has 0 amide bonds. The summed E-state index contributed by atoms with van der Waals surface area (Å²) in [5.41, 5.74) is 0.153. The summed E-state index contributed by atoms with van der Waals surface area (Å²) in [5, 5.41) is 31.1. The lowest BCUT2D eigenvalue weighted by atomic mass is 10.1. The van der Waals surface area contributed by atoms with Gasteiger partial charge in [0.15, 0.2) is 0 Å². The number of fused-ring (bicyclic) bond motifs is 1. The van der Waals surface area contributed by atoms with Gasteiger partial charge in [-0.3, -0.25) is 10.1 Å². The van der Waals surface area contributed by atoms with Gasteiger partial charge in [0.2, 0.25) is 0 Å². The number of carbonyl (C=O) groups excluding carboxylic acids is 1. The van der Waals surface area contributed by atoms with Crippen molar-refractivity contribution in [1.29, 1.82) is 0 Å². The van der Waals surface area contributed by atoms with E-state index in [0.717, 1.165) is 6.07 Å². The second-order valence-electron chi connectivity index (χ2n) is 3.50. The van der Waals surface area contributed by atoms with Crippen LogP contribution in [-0.2, 0) is 11.2 Å². The normalized spacial score (nSPS) is 10.6. The van der Waals surface area contributed by atoms with Crippen LogP contribution in [0.3, 0.4) is 0 Å². The van der Waals surface area contributed by atoms with Gasteiger partial charge in [0.05, 0.1) is 10.4 Å². The fourth-order valence-electron chi connectivity index (χ4n) is 1.69. The van der Waals surface area contributed by atoms with E-state index in [1.54, 1.807) is 0 Å². The molecule has 0 atom stereocenters. The summed E-state index contributed by atoms with van der Waals surface area (Å²) in [7, 11) is 0. The molecular weight excluding hydrogens is 228 g/mol. The van der Waals surface area contributed by atoms with Gasteiger partial charge in [0, 0.05) is 36.1 Å². The molecule has 1 heterocycles. The molecule has 0 fully saturated rings. The molecule has 0 aliphatic heterocycles. The molecule has 1 N–H and O–H groups in total. The largest absolute Gasteiger partial charge is 0.550 e. The maximum atomic E-state index is 10.7. The van der Waals surface area contributed by atoms with Crippen LogP contribution >= 0.6 is 0 Å². The lowest BCUT2D eigenvalue weighted by Crippen LogP contribution is -2.24. The van der Waals surface area contributed by atoms with Gasteiger partial charge >= 0.3 is 0 Å². The van der Waals surface area contributed by atoms with E-state index >= 15 is 0 Å². The molecule has 1 aromatic carbocycles. The van der Waals surface area contributed by atoms with Crippen LogP contribution in [0.15, 0.2) is 24.4 Å². The number of nitrogens with zero attached hydrogens (tertiary/aromatic N) is 2. The zero-order valence-corrected chi connectivity index (χ0v) is 8.49. The Labute approximate surface area is 94.6 Å². The van der Waals surface area contributed by atoms with Crippen LogP contribution in [-0.4, -0.2) is 20.8 Å². The third kappa shape index (κ3) is 1.89. The lowest BCUT2D eigenvalue weighted by molar-refractivity contribution is -0.384. The van der Waals surface area contributed by atoms with Gasteiger partial charge in [-0.25, -0.2) is 0 Å². The molecule has 0 bridgehead atoms. The lowest BCUT2D eigenvalue weighted by Gasteiger charge is -2.05. The minimum absolute atomic E-state index is 0.190. The highest BCUT2D eigenvalue weighted by molar-refractivity contribution is 5.88. The minimum atomic E-state index is -1.34. The summed E-state index contributed by atoms with van der Waals surface area (Å²) in [5.74, 6) is -1.34. The standard InChI is InChI=1S/C10H8N2O5/c13-10(14)4-6-3-7(12(16)17)5-9-8(6)1-2-11(9)15/h1-3,5,15H,4H2,(H,13,14)/p-1. The number of carbonyl (C=O) groups is 1. The Balaban J connectivity index is 2.70. The van der Waals surface area contributed by atoms with E-state index in [4.69, 9.17) is 0 Å². The predicted octanol–water partition coefficient (Wildman–Crippen LogP) is 0.0792. The summed E-state index contributed by atoms with van der Waals surface area (Å²) >= 11 is 0. The smallest absolute Gasteiger partial charge is 0.271 e. The SMILES string of the molecule is O=C([O-])Cc1cc([N+](=O)[O-])cc2c1ccn2O.